The Bertz CT molecular complexity index is 704. The fourth-order valence-corrected chi connectivity index (χ4v) is 2.15. The van der Waals surface area contributed by atoms with Crippen molar-refractivity contribution in [2.45, 2.75) is 6.92 Å². The Labute approximate surface area is 116 Å². The van der Waals surface area contributed by atoms with Crippen molar-refractivity contribution in [3.63, 3.8) is 0 Å². The molecule has 0 N–H and O–H groups in total. The van der Waals surface area contributed by atoms with E-state index in [1.807, 2.05) is 31.2 Å². The Balaban J connectivity index is 1.92. The van der Waals surface area contributed by atoms with Crippen molar-refractivity contribution in [1.29, 1.82) is 0 Å². The first-order chi connectivity index (χ1) is 9.56. The molecule has 0 saturated carbocycles. The van der Waals surface area contributed by atoms with Gasteiger partial charge in [-0.25, -0.2) is 0 Å². The van der Waals surface area contributed by atoms with Crippen LogP contribution in [-0.2, 0) is 0 Å². The van der Waals surface area contributed by atoms with Crippen molar-refractivity contribution >= 4 is 11.8 Å². The molecule has 0 spiro atoms. The fraction of sp³-hybridized carbons (Fsp3) is 0.125. The van der Waals surface area contributed by atoms with Gasteiger partial charge in [0.2, 0.25) is 0 Å². The van der Waals surface area contributed by atoms with Crippen LogP contribution in [0.3, 0.4) is 0 Å². The molecule has 20 heavy (non-hydrogen) atoms. The van der Waals surface area contributed by atoms with Gasteiger partial charge >= 0.3 is 0 Å². The Morgan fingerprint density at radius 3 is 2.15 bits per heavy atom. The number of hydrogen-bond donors (Lipinski definition) is 0. The van der Waals surface area contributed by atoms with Gasteiger partial charge in [0.05, 0.1) is 11.1 Å². The first-order valence-corrected chi connectivity index (χ1v) is 6.27. The molecule has 2 aromatic rings. The molecule has 1 heterocycles. The lowest BCUT2D eigenvalue weighted by molar-refractivity contribution is 0.0693. The van der Waals surface area contributed by atoms with Crippen LogP contribution >= 0.6 is 0 Å². The van der Waals surface area contributed by atoms with Gasteiger partial charge in [-0.2, -0.15) is 0 Å². The van der Waals surface area contributed by atoms with E-state index in [4.69, 9.17) is 4.74 Å². The number of hydrogen-bond acceptors (Lipinski definition) is 3. The minimum atomic E-state index is -0.292. The first-order valence-electron chi connectivity index (χ1n) is 6.27. The molecule has 0 radical (unpaired) electrons. The van der Waals surface area contributed by atoms with Crippen LogP contribution in [0.4, 0.5) is 0 Å². The monoisotopic (exact) mass is 267 g/mol. The van der Waals surface area contributed by atoms with E-state index in [9.17, 15) is 9.59 Å². The van der Waals surface area contributed by atoms with Crippen LogP contribution in [0.5, 0.6) is 11.5 Å². The average Bonchev–Trinajstić information content (AvgIpc) is 2.66. The standard InChI is InChI=1S/C16H13NO3/c1-10-3-5-11(6-4-10)20-12-7-8-13-14(9-12)16(19)17(2)15(13)18/h3-9H,1-2H3. The predicted octanol–water partition coefficient (Wildman–Crippen LogP) is 3.01. The van der Waals surface area contributed by atoms with Crippen molar-refractivity contribution in [3.8, 4) is 11.5 Å². The molecule has 0 aliphatic carbocycles. The molecule has 0 aromatic heterocycles. The summed E-state index contributed by atoms with van der Waals surface area (Å²) >= 11 is 0. The van der Waals surface area contributed by atoms with Crippen molar-refractivity contribution in [2.24, 2.45) is 0 Å². The molecule has 4 heteroatoms. The molecular weight excluding hydrogens is 254 g/mol. The molecule has 0 fully saturated rings. The Morgan fingerprint density at radius 2 is 1.45 bits per heavy atom. The van der Waals surface area contributed by atoms with Gasteiger partial charge in [-0.15, -0.1) is 0 Å². The van der Waals surface area contributed by atoms with Crippen molar-refractivity contribution in [2.75, 3.05) is 7.05 Å². The van der Waals surface area contributed by atoms with Crippen LogP contribution in [0.2, 0.25) is 0 Å². The quantitative estimate of drug-likeness (QED) is 0.786. The second-order valence-electron chi connectivity index (χ2n) is 4.79. The van der Waals surface area contributed by atoms with Crippen LogP contribution in [0, 0.1) is 6.92 Å². The Hall–Kier alpha value is -2.62. The summed E-state index contributed by atoms with van der Waals surface area (Å²) in [5, 5.41) is 0. The molecule has 100 valence electrons. The summed E-state index contributed by atoms with van der Waals surface area (Å²) in [5.41, 5.74) is 1.96. The summed E-state index contributed by atoms with van der Waals surface area (Å²) in [4.78, 5) is 24.8. The molecular formula is C16H13NO3. The van der Waals surface area contributed by atoms with Crippen molar-refractivity contribution < 1.29 is 14.3 Å². The molecule has 1 aliphatic heterocycles. The van der Waals surface area contributed by atoms with Gasteiger partial charge in [0.15, 0.2) is 0 Å². The largest absolute Gasteiger partial charge is 0.457 e. The lowest BCUT2D eigenvalue weighted by Crippen LogP contribution is -2.24. The summed E-state index contributed by atoms with van der Waals surface area (Å²) in [6.45, 7) is 2.00. The summed E-state index contributed by atoms with van der Waals surface area (Å²) in [6.07, 6.45) is 0. The van der Waals surface area contributed by atoms with Gasteiger partial charge < -0.3 is 4.74 Å². The Morgan fingerprint density at radius 1 is 0.850 bits per heavy atom. The van der Waals surface area contributed by atoms with Crippen LogP contribution in [0.15, 0.2) is 42.5 Å². The second-order valence-corrected chi connectivity index (χ2v) is 4.79. The molecule has 0 unspecified atom stereocenters. The van der Waals surface area contributed by atoms with E-state index < -0.39 is 0 Å². The van der Waals surface area contributed by atoms with Gasteiger partial charge in [0, 0.05) is 7.05 Å². The third kappa shape index (κ3) is 1.95. The molecule has 0 saturated heterocycles. The number of carbonyl (C=O) groups is 2. The minimum absolute atomic E-state index is 0.271. The number of rotatable bonds is 2. The van der Waals surface area contributed by atoms with Gasteiger partial charge in [-0.1, -0.05) is 17.7 Å². The highest BCUT2D eigenvalue weighted by Crippen LogP contribution is 2.28. The SMILES string of the molecule is Cc1ccc(Oc2ccc3c(c2)C(=O)N(C)C3=O)cc1. The van der Waals surface area contributed by atoms with Crippen LogP contribution < -0.4 is 4.74 Å². The van der Waals surface area contributed by atoms with E-state index in [1.54, 1.807) is 18.2 Å². The number of amides is 2. The van der Waals surface area contributed by atoms with E-state index in [-0.39, 0.29) is 11.8 Å². The molecule has 4 nitrogen and oxygen atoms in total. The molecule has 2 aromatic carbocycles. The Kier molecular flexibility index (Phi) is 2.79. The van der Waals surface area contributed by atoms with E-state index >= 15 is 0 Å². The highest BCUT2D eigenvalue weighted by molar-refractivity contribution is 6.21. The molecule has 1 aliphatic rings. The number of nitrogens with zero attached hydrogens (tertiary/aromatic N) is 1. The summed E-state index contributed by atoms with van der Waals surface area (Å²) in [7, 11) is 1.48. The number of carbonyl (C=O) groups excluding carboxylic acids is 2. The highest BCUT2D eigenvalue weighted by atomic mass is 16.5. The summed E-state index contributed by atoms with van der Waals surface area (Å²) in [5.74, 6) is 0.677. The fourth-order valence-electron chi connectivity index (χ4n) is 2.15. The molecule has 0 atom stereocenters. The maximum absolute atomic E-state index is 11.9. The predicted molar refractivity (Wildman–Crippen MR) is 74.1 cm³/mol. The summed E-state index contributed by atoms with van der Waals surface area (Å²) in [6, 6.07) is 12.6. The highest BCUT2D eigenvalue weighted by Gasteiger charge is 2.32. The topological polar surface area (TPSA) is 46.6 Å². The zero-order valence-corrected chi connectivity index (χ0v) is 11.2. The zero-order chi connectivity index (χ0) is 14.3. The van der Waals surface area contributed by atoms with Gasteiger partial charge in [-0.3, -0.25) is 14.5 Å². The van der Waals surface area contributed by atoms with Crippen molar-refractivity contribution in [3.05, 3.63) is 59.2 Å². The number of benzene rings is 2. The zero-order valence-electron chi connectivity index (χ0n) is 11.2. The van der Waals surface area contributed by atoms with Crippen LogP contribution in [0.1, 0.15) is 26.3 Å². The average molecular weight is 267 g/mol. The van der Waals surface area contributed by atoms with E-state index in [2.05, 4.69) is 0 Å². The lowest BCUT2D eigenvalue weighted by atomic mass is 10.1. The van der Waals surface area contributed by atoms with E-state index in [0.29, 0.717) is 22.6 Å². The van der Waals surface area contributed by atoms with E-state index in [0.717, 1.165) is 10.5 Å². The van der Waals surface area contributed by atoms with Gasteiger partial charge in [-0.05, 0) is 37.3 Å². The maximum atomic E-state index is 11.9. The first kappa shape index (κ1) is 12.4. The minimum Gasteiger partial charge on any atom is -0.457 e. The number of fused-ring (bicyclic) bond motifs is 1. The molecule has 2 amide bonds. The smallest absolute Gasteiger partial charge is 0.261 e. The third-order valence-electron chi connectivity index (χ3n) is 3.32. The number of imide groups is 1. The van der Waals surface area contributed by atoms with Crippen LogP contribution in [0.25, 0.3) is 0 Å². The third-order valence-corrected chi connectivity index (χ3v) is 3.32. The number of aryl methyl sites for hydroxylation is 1. The lowest BCUT2D eigenvalue weighted by Gasteiger charge is -2.06. The van der Waals surface area contributed by atoms with E-state index in [1.165, 1.54) is 7.05 Å². The normalized spacial score (nSPS) is 13.6. The molecule has 0 bridgehead atoms. The van der Waals surface area contributed by atoms with Crippen molar-refractivity contribution in [1.82, 2.24) is 4.90 Å². The van der Waals surface area contributed by atoms with Gasteiger partial charge in [0.25, 0.3) is 11.8 Å². The maximum Gasteiger partial charge on any atom is 0.261 e. The second kappa shape index (κ2) is 4.49. The van der Waals surface area contributed by atoms with Crippen LogP contribution in [-0.4, -0.2) is 23.8 Å². The number of ether oxygens (including phenoxy) is 1. The summed E-state index contributed by atoms with van der Waals surface area (Å²) < 4.78 is 5.70. The molecule has 3 rings (SSSR count). The van der Waals surface area contributed by atoms with Gasteiger partial charge in [0.1, 0.15) is 11.5 Å².